The van der Waals surface area contributed by atoms with Crippen molar-refractivity contribution in [2.24, 2.45) is 11.8 Å². The van der Waals surface area contributed by atoms with E-state index in [4.69, 9.17) is 0 Å². The average Bonchev–Trinajstić information content (AvgIpc) is 2.27. The molecule has 17 heavy (non-hydrogen) atoms. The third kappa shape index (κ3) is 3.85. The first-order valence-corrected chi connectivity index (χ1v) is 6.46. The summed E-state index contributed by atoms with van der Waals surface area (Å²) in [7, 11) is 0. The molecule has 0 spiro atoms. The van der Waals surface area contributed by atoms with Crippen LogP contribution in [0.5, 0.6) is 0 Å². The number of piperidine rings is 3. The second-order valence-electron chi connectivity index (χ2n) is 5.53. The molecule has 0 saturated carbocycles. The first kappa shape index (κ1) is 13.1. The van der Waals surface area contributed by atoms with Crippen LogP contribution in [0.2, 0.25) is 0 Å². The molecule has 0 aromatic heterocycles. The van der Waals surface area contributed by atoms with Crippen LogP contribution in [0.3, 0.4) is 0 Å². The molecule has 2 nitrogen and oxygen atoms in total. The van der Waals surface area contributed by atoms with Gasteiger partial charge in [0.15, 0.2) is 0 Å². The molecule has 2 bridgehead atoms. The number of hydrogen-bond acceptors (Lipinski definition) is 2. The van der Waals surface area contributed by atoms with Crippen molar-refractivity contribution in [1.29, 1.82) is 0 Å². The van der Waals surface area contributed by atoms with Gasteiger partial charge in [-0.1, -0.05) is 0 Å². The Bertz CT molecular complexity index is 247. The molecule has 0 aromatic carbocycles. The number of hydrogen-bond donors (Lipinski definition) is 1. The maximum atomic E-state index is 12.1. The van der Waals surface area contributed by atoms with Gasteiger partial charge in [-0.25, -0.2) is 0 Å². The smallest absolute Gasteiger partial charge is 0.306 e. The molecule has 0 amide bonds. The Kier molecular flexibility index (Phi) is 3.98. The molecule has 5 heteroatoms. The molecule has 2 atom stereocenters. The zero-order valence-electron chi connectivity index (χ0n) is 10.3. The zero-order valence-corrected chi connectivity index (χ0v) is 10.3. The van der Waals surface area contributed by atoms with Crippen LogP contribution in [0.4, 0.5) is 13.2 Å². The Morgan fingerprint density at radius 3 is 2.41 bits per heavy atom. The van der Waals surface area contributed by atoms with Crippen LogP contribution in [0.25, 0.3) is 0 Å². The lowest BCUT2D eigenvalue weighted by Gasteiger charge is -2.45. The molecule has 100 valence electrons. The monoisotopic (exact) mass is 250 g/mol. The van der Waals surface area contributed by atoms with E-state index in [9.17, 15) is 13.2 Å². The van der Waals surface area contributed by atoms with Crippen LogP contribution in [-0.4, -0.2) is 43.3 Å². The molecular formula is C12H21F3N2. The second kappa shape index (κ2) is 5.14. The minimum absolute atomic E-state index is 0.0397. The van der Waals surface area contributed by atoms with Gasteiger partial charge in [0.25, 0.3) is 0 Å². The van der Waals surface area contributed by atoms with Crippen molar-refractivity contribution in [1.82, 2.24) is 10.2 Å². The van der Waals surface area contributed by atoms with Crippen molar-refractivity contribution in [2.75, 3.05) is 26.2 Å². The van der Waals surface area contributed by atoms with Crippen LogP contribution in [0.15, 0.2) is 0 Å². The van der Waals surface area contributed by atoms with Gasteiger partial charge < -0.3 is 10.2 Å². The summed E-state index contributed by atoms with van der Waals surface area (Å²) in [5.74, 6) is 1.34. The molecular weight excluding hydrogens is 229 g/mol. The minimum atomic E-state index is -4.09. The number of nitrogens with zero attached hydrogens (tertiary/aromatic N) is 1. The molecule has 3 rings (SSSR count). The molecule has 0 aliphatic carbocycles. The van der Waals surface area contributed by atoms with Gasteiger partial charge in [-0.15, -0.1) is 0 Å². The van der Waals surface area contributed by atoms with Gasteiger partial charge in [-0.05, 0) is 51.1 Å². The summed E-state index contributed by atoms with van der Waals surface area (Å²) in [6.45, 7) is 4.46. The highest BCUT2D eigenvalue weighted by atomic mass is 19.4. The molecule has 0 radical (unpaired) electrons. The normalized spacial score (nSPS) is 34.9. The predicted molar refractivity (Wildman–Crippen MR) is 60.8 cm³/mol. The number of fused-ring (bicyclic) bond motifs is 3. The summed E-state index contributed by atoms with van der Waals surface area (Å²) in [5.41, 5.74) is 0. The highest BCUT2D eigenvalue weighted by Gasteiger charge is 2.35. The first-order valence-electron chi connectivity index (χ1n) is 6.46. The largest absolute Gasteiger partial charge is 0.401 e. The Labute approximate surface area is 101 Å². The summed E-state index contributed by atoms with van der Waals surface area (Å²) >= 11 is 0. The fourth-order valence-corrected chi connectivity index (χ4v) is 3.18. The Morgan fingerprint density at radius 1 is 1.29 bits per heavy atom. The van der Waals surface area contributed by atoms with Crippen molar-refractivity contribution in [3.63, 3.8) is 0 Å². The topological polar surface area (TPSA) is 15.3 Å². The van der Waals surface area contributed by atoms with Crippen LogP contribution in [-0.2, 0) is 0 Å². The molecule has 3 heterocycles. The van der Waals surface area contributed by atoms with E-state index in [1.54, 1.807) is 0 Å². The number of nitrogens with one attached hydrogen (secondary N) is 1. The molecule has 3 aliphatic heterocycles. The van der Waals surface area contributed by atoms with Crippen molar-refractivity contribution < 1.29 is 13.2 Å². The van der Waals surface area contributed by atoms with E-state index in [1.165, 1.54) is 25.9 Å². The van der Waals surface area contributed by atoms with Gasteiger partial charge in [0, 0.05) is 12.6 Å². The Morgan fingerprint density at radius 2 is 1.94 bits per heavy atom. The van der Waals surface area contributed by atoms with Gasteiger partial charge in [-0.2, -0.15) is 13.2 Å². The van der Waals surface area contributed by atoms with Gasteiger partial charge >= 0.3 is 6.18 Å². The molecule has 0 aromatic rings. The van der Waals surface area contributed by atoms with E-state index in [1.807, 2.05) is 6.92 Å². The van der Waals surface area contributed by atoms with E-state index in [0.29, 0.717) is 5.92 Å². The lowest BCUT2D eigenvalue weighted by atomic mass is 9.76. The van der Waals surface area contributed by atoms with E-state index in [-0.39, 0.29) is 6.04 Å². The molecule has 1 N–H and O–H groups in total. The predicted octanol–water partition coefficient (Wildman–Crippen LogP) is 2.26. The molecule has 3 aliphatic rings. The SMILES string of the molecule is CC(CC1CN2CCC1CC2)NCC(F)(F)F. The lowest BCUT2D eigenvalue weighted by molar-refractivity contribution is -0.126. The minimum Gasteiger partial charge on any atom is -0.306 e. The van der Waals surface area contributed by atoms with Crippen LogP contribution in [0.1, 0.15) is 26.2 Å². The van der Waals surface area contributed by atoms with Crippen molar-refractivity contribution in [3.05, 3.63) is 0 Å². The van der Waals surface area contributed by atoms with Gasteiger partial charge in [0.05, 0.1) is 6.54 Å². The van der Waals surface area contributed by atoms with Crippen LogP contribution >= 0.6 is 0 Å². The molecule has 3 fully saturated rings. The molecule has 2 unspecified atom stereocenters. The van der Waals surface area contributed by atoms with Crippen LogP contribution in [0, 0.1) is 11.8 Å². The third-order valence-electron chi connectivity index (χ3n) is 4.10. The fourth-order valence-electron chi connectivity index (χ4n) is 3.18. The van der Waals surface area contributed by atoms with E-state index in [2.05, 4.69) is 10.2 Å². The van der Waals surface area contributed by atoms with Crippen molar-refractivity contribution >= 4 is 0 Å². The summed E-state index contributed by atoms with van der Waals surface area (Å²) in [4.78, 5) is 2.45. The zero-order chi connectivity index (χ0) is 12.5. The Hall–Kier alpha value is -0.290. The number of halogens is 3. The summed E-state index contributed by atoms with van der Waals surface area (Å²) in [5, 5.41) is 2.59. The quantitative estimate of drug-likeness (QED) is 0.823. The molecule has 3 saturated heterocycles. The Balaban J connectivity index is 1.73. The number of alkyl halides is 3. The average molecular weight is 250 g/mol. The van der Waals surface area contributed by atoms with Gasteiger partial charge in [0.1, 0.15) is 0 Å². The van der Waals surface area contributed by atoms with Crippen molar-refractivity contribution in [2.45, 2.75) is 38.4 Å². The van der Waals surface area contributed by atoms with Crippen LogP contribution < -0.4 is 5.32 Å². The van der Waals surface area contributed by atoms with Gasteiger partial charge in [-0.3, -0.25) is 0 Å². The number of rotatable bonds is 4. The van der Waals surface area contributed by atoms with Gasteiger partial charge in [0.2, 0.25) is 0 Å². The second-order valence-corrected chi connectivity index (χ2v) is 5.53. The standard InChI is InChI=1S/C12H21F3N2/c1-9(16-8-12(13,14)15)6-11-7-17-4-2-10(11)3-5-17/h9-11,16H,2-8H2,1H3. The lowest BCUT2D eigenvalue weighted by Crippen LogP contribution is -2.49. The maximum Gasteiger partial charge on any atom is 0.401 e. The first-order chi connectivity index (χ1) is 7.94. The third-order valence-corrected chi connectivity index (χ3v) is 4.10. The fraction of sp³-hybridized carbons (Fsp3) is 1.00. The summed E-state index contributed by atoms with van der Waals surface area (Å²) in [6, 6.07) is -0.0397. The maximum absolute atomic E-state index is 12.1. The van der Waals surface area contributed by atoms with E-state index >= 15 is 0 Å². The highest BCUT2D eigenvalue weighted by molar-refractivity contribution is 4.88. The summed E-state index contributed by atoms with van der Waals surface area (Å²) in [6.07, 6.45) is -0.756. The van der Waals surface area contributed by atoms with E-state index < -0.39 is 12.7 Å². The summed E-state index contributed by atoms with van der Waals surface area (Å²) < 4.78 is 36.2. The highest BCUT2D eigenvalue weighted by Crippen LogP contribution is 2.34. The van der Waals surface area contributed by atoms with Crippen molar-refractivity contribution in [3.8, 4) is 0 Å². The van der Waals surface area contributed by atoms with E-state index in [0.717, 1.165) is 18.9 Å².